The van der Waals surface area contributed by atoms with Crippen LogP contribution in [0.15, 0.2) is 57.0 Å². The second-order valence-corrected chi connectivity index (χ2v) is 4.78. The van der Waals surface area contributed by atoms with Crippen LogP contribution in [-0.4, -0.2) is 16.4 Å². The van der Waals surface area contributed by atoms with Crippen molar-refractivity contribution < 1.29 is 0 Å². The smallest absolute Gasteiger partial charge is 0.267 e. The maximum absolute atomic E-state index is 11.9. The van der Waals surface area contributed by atoms with Gasteiger partial charge in [-0.25, -0.2) is 0 Å². The third kappa shape index (κ3) is 2.53. The van der Waals surface area contributed by atoms with Crippen LogP contribution < -0.4 is 11.1 Å². The van der Waals surface area contributed by atoms with E-state index in [0.29, 0.717) is 16.5 Å². The Morgan fingerprint density at radius 1 is 0.952 bits per heavy atom. The largest absolute Gasteiger partial charge is 0.272 e. The van der Waals surface area contributed by atoms with E-state index >= 15 is 0 Å². The van der Waals surface area contributed by atoms with Crippen molar-refractivity contribution in [1.82, 2.24) is 10.2 Å². The molecule has 21 heavy (non-hydrogen) atoms. The first-order valence-electron chi connectivity index (χ1n) is 6.49. The second kappa shape index (κ2) is 5.20. The average molecular weight is 279 g/mol. The Bertz CT molecular complexity index is 934. The molecule has 3 rings (SSSR count). The minimum atomic E-state index is -0.360. The summed E-state index contributed by atoms with van der Waals surface area (Å²) >= 11 is 0. The van der Waals surface area contributed by atoms with Crippen molar-refractivity contribution in [3.63, 3.8) is 0 Å². The van der Waals surface area contributed by atoms with Gasteiger partial charge in [-0.15, -0.1) is 0 Å². The van der Waals surface area contributed by atoms with Gasteiger partial charge in [0.25, 0.3) is 11.1 Å². The number of nitrogens with zero attached hydrogens (tertiary/aromatic N) is 1. The highest BCUT2D eigenvalue weighted by atomic mass is 16.1. The first kappa shape index (κ1) is 13.1. The minimum Gasteiger partial charge on any atom is -0.267 e. The Balaban J connectivity index is 2.13. The van der Waals surface area contributed by atoms with E-state index in [0.717, 1.165) is 5.56 Å². The van der Waals surface area contributed by atoms with Crippen molar-refractivity contribution in [2.75, 3.05) is 0 Å². The van der Waals surface area contributed by atoms with Crippen molar-refractivity contribution in [2.45, 2.75) is 6.92 Å². The summed E-state index contributed by atoms with van der Waals surface area (Å²) in [5.41, 5.74) is 1.87. The summed E-state index contributed by atoms with van der Waals surface area (Å²) < 4.78 is 0. The van der Waals surface area contributed by atoms with Gasteiger partial charge >= 0.3 is 0 Å². The number of aryl methyl sites for hydroxylation is 1. The monoisotopic (exact) mass is 279 g/mol. The third-order valence-electron chi connectivity index (χ3n) is 3.23. The highest BCUT2D eigenvalue weighted by Gasteiger charge is 2.06. The summed E-state index contributed by atoms with van der Waals surface area (Å²) in [6, 6.07) is 12.9. The molecule has 0 saturated carbocycles. The van der Waals surface area contributed by atoms with Crippen LogP contribution in [0.25, 0.3) is 10.8 Å². The number of aromatic nitrogens is 2. The van der Waals surface area contributed by atoms with Gasteiger partial charge in [0.1, 0.15) is 0 Å². The van der Waals surface area contributed by atoms with Crippen molar-refractivity contribution in [1.29, 1.82) is 0 Å². The molecule has 0 spiro atoms. The number of benzene rings is 2. The molecule has 0 aliphatic carbocycles. The van der Waals surface area contributed by atoms with E-state index in [1.807, 2.05) is 31.2 Å². The molecule has 2 N–H and O–H groups in total. The summed E-state index contributed by atoms with van der Waals surface area (Å²) in [6.45, 7) is 2.01. The zero-order valence-corrected chi connectivity index (χ0v) is 11.4. The summed E-state index contributed by atoms with van der Waals surface area (Å²) in [6.07, 6.45) is 1.68. The van der Waals surface area contributed by atoms with Gasteiger partial charge in [0.15, 0.2) is 0 Å². The third-order valence-corrected chi connectivity index (χ3v) is 3.23. The fraction of sp³-hybridized carbons (Fsp3) is 0.0625. The number of nitrogens with one attached hydrogen (secondary N) is 2. The number of hydrogen-bond acceptors (Lipinski definition) is 3. The predicted octanol–water partition coefficient (Wildman–Crippen LogP) is 2.28. The molecule has 104 valence electrons. The Morgan fingerprint density at radius 2 is 1.67 bits per heavy atom. The standard InChI is InChI=1S/C16H13N3O2/c1-10-5-7-11(8-6-10)9-17-13-4-2-3-12-14(13)16(21)19-18-15(12)20/h2-9H,1H3,(H,18,20)(H,19,21). The van der Waals surface area contributed by atoms with Gasteiger partial charge < -0.3 is 0 Å². The van der Waals surface area contributed by atoms with Crippen molar-refractivity contribution in [2.24, 2.45) is 4.99 Å². The maximum Gasteiger partial charge on any atom is 0.272 e. The van der Waals surface area contributed by atoms with Crippen LogP contribution in [0.5, 0.6) is 0 Å². The molecule has 1 heterocycles. The number of H-pyrrole nitrogens is 2. The van der Waals surface area contributed by atoms with E-state index in [4.69, 9.17) is 0 Å². The van der Waals surface area contributed by atoms with Gasteiger partial charge in [-0.2, -0.15) is 0 Å². The van der Waals surface area contributed by atoms with Gasteiger partial charge in [-0.05, 0) is 24.6 Å². The first-order chi connectivity index (χ1) is 10.1. The minimum absolute atomic E-state index is 0.296. The zero-order chi connectivity index (χ0) is 14.8. The highest BCUT2D eigenvalue weighted by Crippen LogP contribution is 2.19. The van der Waals surface area contributed by atoms with Crippen LogP contribution in [0.3, 0.4) is 0 Å². The highest BCUT2D eigenvalue weighted by molar-refractivity contribution is 5.94. The average Bonchev–Trinajstić information content (AvgIpc) is 2.50. The molecule has 0 atom stereocenters. The molecule has 0 bridgehead atoms. The quantitative estimate of drug-likeness (QED) is 0.706. The van der Waals surface area contributed by atoms with E-state index in [2.05, 4.69) is 15.2 Å². The van der Waals surface area contributed by atoms with Gasteiger partial charge in [0.2, 0.25) is 0 Å². The molecule has 0 radical (unpaired) electrons. The van der Waals surface area contributed by atoms with Gasteiger partial charge in [-0.3, -0.25) is 24.8 Å². The second-order valence-electron chi connectivity index (χ2n) is 4.78. The lowest BCUT2D eigenvalue weighted by atomic mass is 10.1. The van der Waals surface area contributed by atoms with Gasteiger partial charge in [-0.1, -0.05) is 35.9 Å². The lowest BCUT2D eigenvalue weighted by Gasteiger charge is -2.00. The SMILES string of the molecule is Cc1ccc(C=Nc2cccc3c(=O)[nH][nH]c(=O)c23)cc1. The number of aliphatic imine (C=N–C) groups is 1. The molecular weight excluding hydrogens is 266 g/mol. The number of hydrogen-bond donors (Lipinski definition) is 2. The molecule has 0 unspecified atom stereocenters. The molecule has 1 aromatic heterocycles. The molecule has 3 aromatic rings. The fourth-order valence-electron chi connectivity index (χ4n) is 2.12. The fourth-order valence-corrected chi connectivity index (χ4v) is 2.12. The van der Waals surface area contributed by atoms with E-state index in [-0.39, 0.29) is 11.1 Å². The van der Waals surface area contributed by atoms with Crippen LogP contribution in [0, 0.1) is 6.92 Å². The molecule has 0 aliphatic rings. The summed E-state index contributed by atoms with van der Waals surface area (Å²) in [5, 5.41) is 5.25. The molecule has 0 saturated heterocycles. The van der Waals surface area contributed by atoms with Gasteiger partial charge in [0, 0.05) is 6.21 Å². The zero-order valence-electron chi connectivity index (χ0n) is 11.4. The van der Waals surface area contributed by atoms with Crippen molar-refractivity contribution >= 4 is 22.7 Å². The Labute approximate surface area is 120 Å². The van der Waals surface area contributed by atoms with Crippen LogP contribution in [0.4, 0.5) is 5.69 Å². The topological polar surface area (TPSA) is 78.1 Å². The summed E-state index contributed by atoms with van der Waals surface area (Å²) in [7, 11) is 0. The summed E-state index contributed by atoms with van der Waals surface area (Å²) in [4.78, 5) is 28.0. The lowest BCUT2D eigenvalue weighted by Crippen LogP contribution is -2.18. The van der Waals surface area contributed by atoms with E-state index in [1.165, 1.54) is 5.56 Å². The molecule has 5 heteroatoms. The Morgan fingerprint density at radius 3 is 2.43 bits per heavy atom. The molecule has 2 aromatic carbocycles. The van der Waals surface area contributed by atoms with Crippen LogP contribution in [-0.2, 0) is 0 Å². The molecule has 0 fully saturated rings. The first-order valence-corrected chi connectivity index (χ1v) is 6.49. The van der Waals surface area contributed by atoms with Crippen molar-refractivity contribution in [3.8, 4) is 0 Å². The van der Waals surface area contributed by atoms with E-state index in [1.54, 1.807) is 24.4 Å². The van der Waals surface area contributed by atoms with E-state index in [9.17, 15) is 9.59 Å². The van der Waals surface area contributed by atoms with Gasteiger partial charge in [0.05, 0.1) is 16.5 Å². The van der Waals surface area contributed by atoms with Crippen LogP contribution in [0.2, 0.25) is 0 Å². The predicted molar refractivity (Wildman–Crippen MR) is 83.6 cm³/mol. The number of aromatic amines is 2. The molecule has 5 nitrogen and oxygen atoms in total. The Kier molecular flexibility index (Phi) is 3.23. The van der Waals surface area contributed by atoms with E-state index < -0.39 is 0 Å². The molecule has 0 amide bonds. The number of fused-ring (bicyclic) bond motifs is 1. The van der Waals surface area contributed by atoms with Crippen LogP contribution in [0.1, 0.15) is 11.1 Å². The maximum atomic E-state index is 11.9. The number of rotatable bonds is 2. The molecular formula is C16H13N3O2. The lowest BCUT2D eigenvalue weighted by molar-refractivity contribution is 0.976. The Hall–Kier alpha value is -2.95. The summed E-state index contributed by atoms with van der Waals surface area (Å²) in [5.74, 6) is 0. The van der Waals surface area contributed by atoms with Crippen molar-refractivity contribution in [3.05, 3.63) is 74.3 Å². The van der Waals surface area contributed by atoms with Crippen LogP contribution >= 0.6 is 0 Å². The molecule has 0 aliphatic heterocycles. The normalized spacial score (nSPS) is 11.3.